The molecule has 1 saturated heterocycles. The maximum Gasteiger partial charge on any atom is 0.438 e. The van der Waals surface area contributed by atoms with Gasteiger partial charge >= 0.3 is 12.3 Å². The highest BCUT2D eigenvalue weighted by atomic mass is 32.2. The molecule has 2 aliphatic heterocycles. The SMILES string of the molecule is COc1ccc2nc(C(F)(F)F)c(O[C@@H]3C[C@H]4C(=O)N[C@]5(C(=O)NS(=O)(=O)C6(C)CC6)C[C@H]5/C=C\CCCCC[C@H](NC(=O)OC5CC5)C(=O)N4C3)nc2c1. The minimum absolute atomic E-state index is 0.0400. The smallest absolute Gasteiger partial charge is 0.438 e. The molecule has 0 bridgehead atoms. The Hall–Kier alpha value is -4.68. The van der Waals surface area contributed by atoms with Gasteiger partial charge in [0.1, 0.15) is 35.6 Å². The molecule has 7 rings (SSSR count). The Balaban J connectivity index is 1.21. The summed E-state index contributed by atoms with van der Waals surface area (Å²) in [5, 5.41) is 5.34. The highest BCUT2D eigenvalue weighted by molar-refractivity contribution is 7.91. The first-order valence-electron chi connectivity index (χ1n) is 18.4. The summed E-state index contributed by atoms with van der Waals surface area (Å²) in [4.78, 5) is 64.2. The molecule has 3 aliphatic carbocycles. The van der Waals surface area contributed by atoms with Crippen molar-refractivity contribution in [3.8, 4) is 11.6 Å². The first kappa shape index (κ1) is 38.6. The van der Waals surface area contributed by atoms with Gasteiger partial charge in [-0.25, -0.2) is 23.2 Å². The lowest BCUT2D eigenvalue weighted by atomic mass is 10.1. The molecule has 4 amide bonds. The second-order valence-electron chi connectivity index (χ2n) is 15.2. The van der Waals surface area contributed by atoms with Gasteiger partial charge < -0.3 is 29.7 Å². The van der Waals surface area contributed by atoms with Crippen molar-refractivity contribution >= 4 is 44.9 Å². The van der Waals surface area contributed by atoms with Crippen molar-refractivity contribution in [2.24, 2.45) is 5.92 Å². The first-order valence-corrected chi connectivity index (χ1v) is 19.9. The van der Waals surface area contributed by atoms with E-state index < -0.39 is 92.5 Å². The van der Waals surface area contributed by atoms with Crippen LogP contribution in [0.5, 0.6) is 11.6 Å². The number of allylic oxidation sites excluding steroid dienone is 1. The standard InChI is InChI=1S/C36H43F3N6O9S/c1-34(14-15-34)55(50,51)44-32(48)35-18-20(35)8-6-4-3-5-7-9-25(42-33(49)54-21-10-11-21)31(47)45-19-23(17-27(45)29(46)43-35)53-30-28(36(37,38)39)40-24-13-12-22(52-2)16-26(24)41-30/h6,8,12-13,16,20-21,23,25,27H,3-5,7,9-11,14-15,17-19H2,1-2H3,(H,42,49)(H,43,46)(H,44,48)/b8-6-/t20-,23-,25+,27+,35-/m1/s1. The number of fused-ring (bicyclic) bond motifs is 3. The monoisotopic (exact) mass is 792 g/mol. The molecule has 1 aromatic heterocycles. The lowest BCUT2D eigenvalue weighted by Crippen LogP contribution is -2.58. The lowest BCUT2D eigenvalue weighted by molar-refractivity contribution is -0.143. The molecular weight excluding hydrogens is 749 g/mol. The van der Waals surface area contributed by atoms with Gasteiger partial charge in [0.05, 0.1) is 29.4 Å². The number of carbonyl (C=O) groups excluding carboxylic acids is 4. The lowest BCUT2D eigenvalue weighted by Gasteiger charge is -2.29. The van der Waals surface area contributed by atoms with Crippen molar-refractivity contribution < 1.29 is 55.0 Å². The normalized spacial score (nSPS) is 28.7. The molecule has 0 spiro atoms. The molecule has 0 radical (unpaired) electrons. The van der Waals surface area contributed by atoms with E-state index in [0.29, 0.717) is 57.1 Å². The van der Waals surface area contributed by atoms with Gasteiger partial charge in [-0.3, -0.25) is 19.1 Å². The Labute approximate surface area is 315 Å². The summed E-state index contributed by atoms with van der Waals surface area (Å²) < 4.78 is 86.6. The van der Waals surface area contributed by atoms with Gasteiger partial charge in [-0.05, 0) is 70.4 Å². The van der Waals surface area contributed by atoms with E-state index in [0.717, 1.165) is 4.90 Å². The number of alkyl carbamates (subject to hydrolysis) is 1. The van der Waals surface area contributed by atoms with Crippen LogP contribution in [0.2, 0.25) is 0 Å². The number of hydrogen-bond acceptors (Lipinski definition) is 11. The van der Waals surface area contributed by atoms with Gasteiger partial charge in [-0.15, -0.1) is 0 Å². The molecule has 298 valence electrons. The number of amides is 4. The average molecular weight is 793 g/mol. The van der Waals surface area contributed by atoms with E-state index in [9.17, 15) is 40.8 Å². The number of alkyl halides is 3. The van der Waals surface area contributed by atoms with Crippen LogP contribution in [0.3, 0.4) is 0 Å². The summed E-state index contributed by atoms with van der Waals surface area (Å²) in [5.74, 6) is -3.60. The molecule has 4 fully saturated rings. The summed E-state index contributed by atoms with van der Waals surface area (Å²) in [6, 6.07) is 1.58. The van der Waals surface area contributed by atoms with Crippen LogP contribution in [-0.2, 0) is 35.3 Å². The zero-order chi connectivity index (χ0) is 39.3. The quantitative estimate of drug-likeness (QED) is 0.330. The van der Waals surface area contributed by atoms with E-state index in [4.69, 9.17) is 14.2 Å². The van der Waals surface area contributed by atoms with Gasteiger partial charge in [0.25, 0.3) is 5.91 Å². The molecule has 5 aliphatic rings. The fourth-order valence-corrected chi connectivity index (χ4v) is 8.34. The molecule has 19 heteroatoms. The number of nitrogens with one attached hydrogen (secondary N) is 3. The third kappa shape index (κ3) is 8.16. The van der Waals surface area contributed by atoms with Crippen molar-refractivity contribution in [3.63, 3.8) is 0 Å². The fraction of sp³-hybridized carbons (Fsp3) is 0.611. The van der Waals surface area contributed by atoms with Crippen LogP contribution in [0.15, 0.2) is 30.4 Å². The van der Waals surface area contributed by atoms with E-state index in [2.05, 4.69) is 25.3 Å². The van der Waals surface area contributed by atoms with Crippen LogP contribution in [0.4, 0.5) is 18.0 Å². The zero-order valence-corrected chi connectivity index (χ0v) is 31.1. The van der Waals surface area contributed by atoms with E-state index in [-0.39, 0.29) is 36.4 Å². The van der Waals surface area contributed by atoms with E-state index in [1.807, 2.05) is 6.08 Å². The largest absolute Gasteiger partial charge is 0.497 e. The number of aromatic nitrogens is 2. The summed E-state index contributed by atoms with van der Waals surface area (Å²) in [6.45, 7) is 1.13. The number of benzene rings is 1. The number of carbonyl (C=O) groups is 4. The van der Waals surface area contributed by atoms with Crippen molar-refractivity contribution in [3.05, 3.63) is 36.0 Å². The minimum Gasteiger partial charge on any atom is -0.497 e. The average Bonchev–Trinajstić information content (AvgIpc) is 4.08. The van der Waals surface area contributed by atoms with Crippen molar-refractivity contribution in [2.75, 3.05) is 13.7 Å². The zero-order valence-electron chi connectivity index (χ0n) is 30.3. The van der Waals surface area contributed by atoms with Crippen LogP contribution in [0.25, 0.3) is 11.0 Å². The number of halogens is 3. The topological polar surface area (TPSA) is 195 Å². The van der Waals surface area contributed by atoms with E-state index in [1.165, 1.54) is 32.2 Å². The van der Waals surface area contributed by atoms with Crippen molar-refractivity contribution in [2.45, 2.75) is 118 Å². The number of hydrogen-bond donors (Lipinski definition) is 3. The molecule has 15 nitrogen and oxygen atoms in total. The molecule has 3 N–H and O–H groups in total. The van der Waals surface area contributed by atoms with Gasteiger partial charge in [0.2, 0.25) is 33.4 Å². The van der Waals surface area contributed by atoms with Crippen LogP contribution in [0.1, 0.15) is 83.2 Å². The van der Waals surface area contributed by atoms with Crippen molar-refractivity contribution in [1.29, 1.82) is 0 Å². The van der Waals surface area contributed by atoms with E-state index in [1.54, 1.807) is 6.08 Å². The van der Waals surface area contributed by atoms with Gasteiger partial charge in [0.15, 0.2) is 0 Å². The number of nitrogens with zero attached hydrogens (tertiary/aromatic N) is 3. The third-order valence-corrected chi connectivity index (χ3v) is 13.1. The molecule has 2 aromatic rings. The fourth-order valence-electron chi connectivity index (χ4n) is 7.03. The van der Waals surface area contributed by atoms with Gasteiger partial charge in [-0.2, -0.15) is 13.2 Å². The van der Waals surface area contributed by atoms with Crippen LogP contribution in [-0.4, -0.2) is 95.3 Å². The van der Waals surface area contributed by atoms with Crippen LogP contribution < -0.4 is 24.8 Å². The summed E-state index contributed by atoms with van der Waals surface area (Å²) in [6.07, 6.45) is 0.866. The predicted molar refractivity (Wildman–Crippen MR) is 188 cm³/mol. The highest BCUT2D eigenvalue weighted by Crippen LogP contribution is 2.47. The highest BCUT2D eigenvalue weighted by Gasteiger charge is 2.63. The molecular formula is C36H43F3N6O9S. The Morgan fingerprint density at radius 1 is 1.04 bits per heavy atom. The Morgan fingerprint density at radius 3 is 2.49 bits per heavy atom. The molecule has 1 aromatic carbocycles. The maximum atomic E-state index is 14.4. The molecule has 0 unspecified atom stereocenters. The van der Waals surface area contributed by atoms with E-state index >= 15 is 0 Å². The van der Waals surface area contributed by atoms with Crippen LogP contribution in [0, 0.1) is 5.92 Å². The molecule has 3 saturated carbocycles. The van der Waals surface area contributed by atoms with Gasteiger partial charge in [0, 0.05) is 18.4 Å². The number of rotatable bonds is 8. The number of sulfonamides is 1. The first-order chi connectivity index (χ1) is 26.0. The second-order valence-corrected chi connectivity index (χ2v) is 17.4. The second kappa shape index (κ2) is 14.4. The maximum absolute atomic E-state index is 14.4. The molecule has 3 heterocycles. The number of ether oxygens (including phenoxy) is 3. The third-order valence-electron chi connectivity index (χ3n) is 11.0. The Morgan fingerprint density at radius 2 is 1.80 bits per heavy atom. The van der Waals surface area contributed by atoms with Crippen LogP contribution >= 0.6 is 0 Å². The minimum atomic E-state index is -4.99. The van der Waals surface area contributed by atoms with Gasteiger partial charge in [-0.1, -0.05) is 25.0 Å². The van der Waals surface area contributed by atoms with Crippen molar-refractivity contribution in [1.82, 2.24) is 30.2 Å². The summed E-state index contributed by atoms with van der Waals surface area (Å²) >= 11 is 0. The summed E-state index contributed by atoms with van der Waals surface area (Å²) in [7, 11) is -2.70. The Kier molecular flexibility index (Phi) is 10.1. The number of methoxy groups -OCH3 is 1. The Bertz CT molecular complexity index is 2020. The molecule has 5 atom stereocenters. The summed E-state index contributed by atoms with van der Waals surface area (Å²) in [5.41, 5.74) is -3.12. The predicted octanol–water partition coefficient (Wildman–Crippen LogP) is 3.66. The molecule has 55 heavy (non-hydrogen) atoms.